The van der Waals surface area contributed by atoms with E-state index in [9.17, 15) is 14.4 Å². The van der Waals surface area contributed by atoms with E-state index < -0.39 is 0 Å². The van der Waals surface area contributed by atoms with Crippen molar-refractivity contribution in [3.05, 3.63) is 34.9 Å². The highest BCUT2D eigenvalue weighted by molar-refractivity contribution is 6.04. The van der Waals surface area contributed by atoms with Gasteiger partial charge in [-0.05, 0) is 73.0 Å². The number of carbonyl (C=O) groups excluding carboxylic acids is 3. The Bertz CT molecular complexity index is 810. The van der Waals surface area contributed by atoms with Crippen molar-refractivity contribution in [2.75, 3.05) is 19.6 Å². The van der Waals surface area contributed by atoms with Gasteiger partial charge in [-0.3, -0.25) is 14.4 Å². The van der Waals surface area contributed by atoms with Gasteiger partial charge in [-0.15, -0.1) is 0 Å². The van der Waals surface area contributed by atoms with Crippen molar-refractivity contribution in [1.29, 1.82) is 0 Å². The molecule has 6 heteroatoms. The Morgan fingerprint density at radius 1 is 0.452 bits per heavy atom. The van der Waals surface area contributed by atoms with E-state index in [4.69, 9.17) is 0 Å². The molecule has 3 amide bonds. The zero-order chi connectivity index (χ0) is 31.7. The summed E-state index contributed by atoms with van der Waals surface area (Å²) in [6.45, 7) is 21.5. The average molecular weight is 586 g/mol. The van der Waals surface area contributed by atoms with Gasteiger partial charge in [0.1, 0.15) is 0 Å². The lowest BCUT2D eigenvalue weighted by atomic mass is 9.98. The highest BCUT2D eigenvalue weighted by atomic mass is 16.2. The first-order valence-corrected chi connectivity index (χ1v) is 16.8. The van der Waals surface area contributed by atoms with Crippen LogP contribution in [-0.2, 0) is 0 Å². The molecule has 3 N–H and O–H groups in total. The maximum absolute atomic E-state index is 13.2. The summed E-state index contributed by atoms with van der Waals surface area (Å²) in [5.41, 5.74) is 1.03. The number of benzene rings is 1. The summed E-state index contributed by atoms with van der Waals surface area (Å²) in [6, 6.07) is 4.84. The normalized spacial score (nSPS) is 13.7. The van der Waals surface area contributed by atoms with Crippen LogP contribution in [0.4, 0.5) is 0 Å². The molecule has 6 nitrogen and oxygen atoms in total. The van der Waals surface area contributed by atoms with Gasteiger partial charge >= 0.3 is 0 Å². The van der Waals surface area contributed by atoms with Gasteiger partial charge in [0.15, 0.2) is 0 Å². The minimum atomic E-state index is -0.251. The molecule has 1 aromatic carbocycles. The molecule has 1 rings (SSSR count). The molecule has 0 spiro atoms. The fourth-order valence-electron chi connectivity index (χ4n) is 5.06. The van der Waals surface area contributed by atoms with Crippen molar-refractivity contribution in [2.24, 2.45) is 35.5 Å². The quantitative estimate of drug-likeness (QED) is 0.136. The predicted molar refractivity (Wildman–Crippen MR) is 177 cm³/mol. The lowest BCUT2D eigenvalue weighted by molar-refractivity contribution is 0.0946. The molecule has 0 bridgehead atoms. The van der Waals surface area contributed by atoms with Gasteiger partial charge < -0.3 is 16.0 Å². The molecule has 0 aliphatic heterocycles. The summed E-state index contributed by atoms with van der Waals surface area (Å²) < 4.78 is 0. The molecule has 3 atom stereocenters. The van der Waals surface area contributed by atoms with Crippen LogP contribution in [0.1, 0.15) is 151 Å². The highest BCUT2D eigenvalue weighted by Crippen LogP contribution is 2.16. The van der Waals surface area contributed by atoms with Gasteiger partial charge in [0, 0.05) is 36.3 Å². The van der Waals surface area contributed by atoms with Crippen molar-refractivity contribution in [2.45, 2.75) is 120 Å². The standard InChI is InChI=1S/C36H63N3O3/c1-25(2)13-10-16-28(7)22-37-34(40)31-19-32(35(41)38-23-29(8)17-11-14-26(3)4)21-33(20-31)36(42)39-24-30(9)18-12-15-27(5)6/h19-21,25-30H,10-18,22-24H2,1-9H3,(H,37,40)(H,38,41)(H,39,42)/t28-,29-,30-/m1/s1. The number of hydrogen-bond donors (Lipinski definition) is 3. The minimum absolute atomic E-state index is 0.251. The van der Waals surface area contributed by atoms with E-state index >= 15 is 0 Å². The van der Waals surface area contributed by atoms with Crippen LogP contribution in [0.2, 0.25) is 0 Å². The van der Waals surface area contributed by atoms with E-state index in [0.29, 0.717) is 71.8 Å². The van der Waals surface area contributed by atoms with E-state index in [-0.39, 0.29) is 17.7 Å². The van der Waals surface area contributed by atoms with Crippen molar-refractivity contribution < 1.29 is 14.4 Å². The molecule has 0 saturated heterocycles. The molecular weight excluding hydrogens is 522 g/mol. The molecule has 0 saturated carbocycles. The molecule has 42 heavy (non-hydrogen) atoms. The third-order valence-corrected chi connectivity index (χ3v) is 7.99. The number of hydrogen-bond acceptors (Lipinski definition) is 3. The Morgan fingerprint density at radius 2 is 0.690 bits per heavy atom. The van der Waals surface area contributed by atoms with Gasteiger partial charge in [0.2, 0.25) is 0 Å². The zero-order valence-corrected chi connectivity index (χ0v) is 28.4. The van der Waals surface area contributed by atoms with E-state index in [1.54, 1.807) is 18.2 Å². The Hall–Kier alpha value is -2.37. The molecule has 0 aliphatic carbocycles. The Balaban J connectivity index is 2.94. The van der Waals surface area contributed by atoms with Crippen molar-refractivity contribution >= 4 is 17.7 Å². The number of carbonyl (C=O) groups is 3. The monoisotopic (exact) mass is 585 g/mol. The lowest BCUT2D eigenvalue weighted by Gasteiger charge is -2.16. The molecule has 0 unspecified atom stereocenters. The molecule has 1 aromatic rings. The second kappa shape index (κ2) is 20.5. The molecule has 0 fully saturated rings. The average Bonchev–Trinajstić information content (AvgIpc) is 2.92. The maximum atomic E-state index is 13.2. The molecule has 0 aromatic heterocycles. The highest BCUT2D eigenvalue weighted by Gasteiger charge is 2.18. The van der Waals surface area contributed by atoms with E-state index in [1.807, 2.05) is 0 Å². The number of amides is 3. The first kappa shape index (κ1) is 37.7. The van der Waals surface area contributed by atoms with Crippen molar-refractivity contribution in [3.8, 4) is 0 Å². The van der Waals surface area contributed by atoms with Gasteiger partial charge in [-0.2, -0.15) is 0 Å². The molecular formula is C36H63N3O3. The summed E-state index contributed by atoms with van der Waals surface area (Å²) in [7, 11) is 0. The summed E-state index contributed by atoms with van der Waals surface area (Å²) >= 11 is 0. The third kappa shape index (κ3) is 16.9. The Morgan fingerprint density at radius 3 is 0.905 bits per heavy atom. The van der Waals surface area contributed by atoms with Crippen molar-refractivity contribution in [3.63, 3.8) is 0 Å². The smallest absolute Gasteiger partial charge is 0.251 e. The van der Waals surface area contributed by atoms with Gasteiger partial charge in [-0.25, -0.2) is 0 Å². The Labute approximate surface area is 258 Å². The molecule has 0 aliphatic rings. The van der Waals surface area contributed by atoms with Gasteiger partial charge in [0.25, 0.3) is 17.7 Å². The number of rotatable bonds is 21. The third-order valence-electron chi connectivity index (χ3n) is 7.99. The van der Waals surface area contributed by atoms with Crippen LogP contribution in [0.3, 0.4) is 0 Å². The second-order valence-corrected chi connectivity index (χ2v) is 14.2. The minimum Gasteiger partial charge on any atom is -0.352 e. The fourth-order valence-corrected chi connectivity index (χ4v) is 5.06. The molecule has 240 valence electrons. The SMILES string of the molecule is CC(C)CCC[C@@H](C)CNC(=O)c1cc(C(=O)NC[C@H](C)CCCC(C)C)cc(C(=O)NC[C@H](C)CCCC(C)C)c1. The van der Waals surface area contributed by atoms with Crippen LogP contribution < -0.4 is 16.0 Å². The molecule has 0 heterocycles. The van der Waals surface area contributed by atoms with Crippen LogP contribution in [0, 0.1) is 35.5 Å². The van der Waals surface area contributed by atoms with Crippen LogP contribution in [0.15, 0.2) is 18.2 Å². The zero-order valence-electron chi connectivity index (χ0n) is 28.4. The van der Waals surface area contributed by atoms with Gasteiger partial charge in [-0.1, -0.05) is 101 Å². The summed E-state index contributed by atoms with van der Waals surface area (Å²) in [6.07, 6.45) is 10.1. The van der Waals surface area contributed by atoms with E-state index in [2.05, 4.69) is 78.3 Å². The van der Waals surface area contributed by atoms with Crippen LogP contribution >= 0.6 is 0 Å². The maximum Gasteiger partial charge on any atom is 0.251 e. The lowest BCUT2D eigenvalue weighted by Crippen LogP contribution is -2.32. The van der Waals surface area contributed by atoms with Crippen LogP contribution in [0.5, 0.6) is 0 Å². The predicted octanol–water partition coefficient (Wildman–Crippen LogP) is 8.26. The number of nitrogens with one attached hydrogen (secondary N) is 3. The van der Waals surface area contributed by atoms with E-state index in [0.717, 1.165) is 38.5 Å². The fraction of sp³-hybridized carbons (Fsp3) is 0.750. The topological polar surface area (TPSA) is 87.3 Å². The second-order valence-electron chi connectivity index (χ2n) is 14.2. The van der Waals surface area contributed by atoms with Crippen LogP contribution in [0.25, 0.3) is 0 Å². The van der Waals surface area contributed by atoms with E-state index in [1.165, 1.54) is 19.3 Å². The Kier molecular flexibility index (Phi) is 18.4. The first-order chi connectivity index (χ1) is 19.8. The largest absolute Gasteiger partial charge is 0.352 e. The van der Waals surface area contributed by atoms with Gasteiger partial charge in [0.05, 0.1) is 0 Å². The summed E-state index contributed by atoms with van der Waals surface area (Å²) in [5.74, 6) is 2.35. The van der Waals surface area contributed by atoms with Crippen molar-refractivity contribution in [1.82, 2.24) is 16.0 Å². The molecule has 0 radical (unpaired) electrons. The summed E-state index contributed by atoms with van der Waals surface area (Å²) in [4.78, 5) is 39.6. The summed E-state index contributed by atoms with van der Waals surface area (Å²) in [5, 5.41) is 9.10. The van der Waals surface area contributed by atoms with Crippen LogP contribution in [-0.4, -0.2) is 37.4 Å². The first-order valence-electron chi connectivity index (χ1n) is 16.8.